The molecule has 8 nitrogen and oxygen atoms in total. The number of hydrogen-bond acceptors (Lipinski definition) is 7. The number of para-hydroxylation sites is 2. The molecule has 0 aliphatic rings. The molecule has 0 atom stereocenters. The smallest absolute Gasteiger partial charge is 0.238 e. The maximum atomic E-state index is 6.75. The van der Waals surface area contributed by atoms with E-state index >= 15 is 0 Å². The van der Waals surface area contributed by atoms with Crippen LogP contribution in [0.3, 0.4) is 0 Å². The second kappa shape index (κ2) is 24.9. The highest BCUT2D eigenvalue weighted by Gasteiger charge is 2.27. The molecule has 0 saturated carbocycles. The van der Waals surface area contributed by atoms with Crippen molar-refractivity contribution in [1.82, 2.24) is 34.1 Å². The van der Waals surface area contributed by atoms with Crippen molar-refractivity contribution in [2.24, 2.45) is 0 Å². The van der Waals surface area contributed by atoms with Crippen LogP contribution in [0.2, 0.25) is 0 Å². The molecule has 22 rings (SSSR count). The Balaban J connectivity index is 0.000000136. The van der Waals surface area contributed by atoms with E-state index in [9.17, 15) is 0 Å². The molecule has 0 spiro atoms. The Morgan fingerprint density at radius 1 is 0.245 bits per heavy atom. The maximum Gasteiger partial charge on any atom is 0.238 e. The van der Waals surface area contributed by atoms with Crippen LogP contribution in [0.25, 0.3) is 209 Å². The molecule has 9 heteroatoms. The molecule has 494 valence electrons. The van der Waals surface area contributed by atoms with Crippen molar-refractivity contribution in [3.05, 3.63) is 358 Å². The molecule has 106 heavy (non-hydrogen) atoms. The van der Waals surface area contributed by atoms with Crippen molar-refractivity contribution in [3.8, 4) is 90.4 Å². The maximum absolute atomic E-state index is 6.75. The van der Waals surface area contributed by atoms with Crippen LogP contribution in [0.1, 0.15) is 0 Å². The number of rotatable bonds is 9. The molecular weight excluding hydrogens is 1310 g/mol. The van der Waals surface area contributed by atoms with Crippen LogP contribution in [0.4, 0.5) is 0 Å². The molecule has 0 radical (unpaired) electrons. The van der Waals surface area contributed by atoms with Gasteiger partial charge in [0.15, 0.2) is 11.6 Å². The van der Waals surface area contributed by atoms with Crippen LogP contribution in [-0.2, 0) is 0 Å². The van der Waals surface area contributed by atoms with Crippen LogP contribution in [0.15, 0.2) is 362 Å². The van der Waals surface area contributed by atoms with Gasteiger partial charge in [0.05, 0.1) is 38.7 Å². The Morgan fingerprint density at radius 2 is 0.679 bits per heavy atom. The minimum absolute atomic E-state index is 0.582. The summed E-state index contributed by atoms with van der Waals surface area (Å²) >= 11 is 1.86. The van der Waals surface area contributed by atoms with E-state index in [0.29, 0.717) is 23.5 Å². The van der Waals surface area contributed by atoms with Crippen LogP contribution in [0.5, 0.6) is 0 Å². The van der Waals surface area contributed by atoms with Crippen molar-refractivity contribution in [2.75, 3.05) is 0 Å². The molecule has 0 saturated heterocycles. The van der Waals surface area contributed by atoms with E-state index in [1.165, 1.54) is 63.8 Å². The van der Waals surface area contributed by atoms with Crippen molar-refractivity contribution in [1.29, 1.82) is 0 Å². The van der Waals surface area contributed by atoms with Crippen molar-refractivity contribution >= 4 is 130 Å². The zero-order valence-electron chi connectivity index (χ0n) is 57.0. The van der Waals surface area contributed by atoms with Gasteiger partial charge in [0, 0.05) is 69.2 Å². The Labute approximate surface area is 612 Å². The summed E-state index contributed by atoms with van der Waals surface area (Å²) in [4.78, 5) is 26.6. The predicted molar refractivity (Wildman–Crippen MR) is 441 cm³/mol. The number of aromatic nitrogens is 7. The number of thiophene rings is 1. The molecule has 0 fully saturated rings. The van der Waals surface area contributed by atoms with E-state index in [-0.39, 0.29) is 0 Å². The van der Waals surface area contributed by atoms with Crippen LogP contribution in [-0.4, -0.2) is 34.1 Å². The van der Waals surface area contributed by atoms with E-state index in [1.54, 1.807) is 0 Å². The largest absolute Gasteiger partial charge is 0.455 e. The van der Waals surface area contributed by atoms with E-state index in [1.807, 2.05) is 53.8 Å². The van der Waals surface area contributed by atoms with E-state index in [4.69, 9.17) is 29.3 Å². The minimum atomic E-state index is 0.582. The summed E-state index contributed by atoms with van der Waals surface area (Å²) in [6, 6.07) is 126. The van der Waals surface area contributed by atoms with E-state index in [0.717, 1.165) is 121 Å². The van der Waals surface area contributed by atoms with Crippen LogP contribution >= 0.6 is 11.3 Å². The lowest BCUT2D eigenvalue weighted by Crippen LogP contribution is -2.06. The SMILES string of the molecule is c1ccc(-c2cccc(-c3nc(-c4ccccc4)nc(-n4c5cc(-c6ccccc6)c6ccccc6c5c5c6sc7ccccc7c6ccc54)n3)c2)cc1.c1ccc(-c2cccc(-c3nc(-n4c5cc(-c6ccccc6)c6ccccc6c5c5c6oc7ccccc7c6ccc54)nc4ccccc34)c2)cc1. The number of benzene rings is 16. The number of nitrogens with zero attached hydrogens (tertiary/aromatic N) is 7. The first-order chi connectivity index (χ1) is 52.6. The van der Waals surface area contributed by atoms with E-state index in [2.05, 4.69) is 325 Å². The summed E-state index contributed by atoms with van der Waals surface area (Å²) in [7, 11) is 0. The zero-order chi connectivity index (χ0) is 69.8. The Kier molecular flexibility index (Phi) is 14.3. The lowest BCUT2D eigenvalue weighted by atomic mass is 9.94. The average molecular weight is 1370 g/mol. The van der Waals surface area contributed by atoms with Gasteiger partial charge in [-0.15, -0.1) is 11.3 Å². The van der Waals surface area contributed by atoms with Crippen LogP contribution in [0, 0.1) is 0 Å². The van der Waals surface area contributed by atoms with Crippen molar-refractivity contribution < 1.29 is 4.42 Å². The molecular formula is C97H59N7OS. The predicted octanol–water partition coefficient (Wildman–Crippen LogP) is 25.9. The molecule has 0 amide bonds. The second-order valence-electron chi connectivity index (χ2n) is 26.9. The molecule has 0 aliphatic carbocycles. The van der Waals surface area contributed by atoms with Gasteiger partial charge in [-0.25, -0.2) is 15.0 Å². The first-order valence-corrected chi connectivity index (χ1v) is 36.5. The average Bonchev–Trinajstić information content (AvgIpc) is 1.55. The lowest BCUT2D eigenvalue weighted by molar-refractivity contribution is 0.673. The fourth-order valence-corrected chi connectivity index (χ4v) is 17.3. The van der Waals surface area contributed by atoms with Crippen LogP contribution < -0.4 is 0 Å². The summed E-state index contributed by atoms with van der Waals surface area (Å²) in [5, 5.41) is 15.1. The van der Waals surface area contributed by atoms with Gasteiger partial charge in [0.25, 0.3) is 0 Å². The van der Waals surface area contributed by atoms with Gasteiger partial charge in [0.1, 0.15) is 11.2 Å². The molecule has 22 aromatic rings. The first-order valence-electron chi connectivity index (χ1n) is 35.7. The summed E-state index contributed by atoms with van der Waals surface area (Å²) in [6.07, 6.45) is 0. The molecule has 0 bridgehead atoms. The monoisotopic (exact) mass is 1370 g/mol. The highest BCUT2D eigenvalue weighted by molar-refractivity contribution is 7.26. The standard InChI is InChI=1S/C49H30N4S.C48H29N3O/c1-4-15-31(16-5-1)34-21-14-22-35(29-34)48-50-47(33-19-8-3-9-20-33)51-49(52-48)53-41-28-27-39-37-24-12-13-26-43(37)54-46(39)45(41)44-38-25-11-10-23-36(38)40(30-42(44)53)32-17-6-2-7-18-32;1-3-14-30(15-4-1)32-18-13-19-33(28-32)46-38-23-9-11-24-40(38)49-48(50-46)51-41-27-26-37-35-21-10-12-25-43(35)52-47(37)45(41)44-36-22-8-7-20-34(36)39(29-42(44)51)31-16-5-2-6-17-31/h1-30H;1-29H. The molecule has 0 unspecified atom stereocenters. The van der Waals surface area contributed by atoms with Gasteiger partial charge < -0.3 is 4.42 Å². The molecule has 0 N–H and O–H groups in total. The summed E-state index contributed by atoms with van der Waals surface area (Å²) in [5.74, 6) is 2.45. The topological polar surface area (TPSA) is 87.5 Å². The quantitative estimate of drug-likeness (QED) is 0.143. The first kappa shape index (κ1) is 60.7. The van der Waals surface area contributed by atoms with Gasteiger partial charge in [0.2, 0.25) is 11.9 Å². The molecule has 6 heterocycles. The number of hydrogen-bond donors (Lipinski definition) is 0. The fourth-order valence-electron chi connectivity index (χ4n) is 16.1. The number of fused-ring (bicyclic) bond motifs is 19. The van der Waals surface area contributed by atoms with E-state index < -0.39 is 0 Å². The third-order valence-corrected chi connectivity index (χ3v) is 22.1. The summed E-state index contributed by atoms with van der Waals surface area (Å²) in [5.41, 5.74) is 19.8. The molecule has 16 aromatic carbocycles. The fraction of sp³-hybridized carbons (Fsp3) is 0. The van der Waals surface area contributed by atoms with Crippen molar-refractivity contribution in [3.63, 3.8) is 0 Å². The Hall–Kier alpha value is -14.0. The van der Waals surface area contributed by atoms with Gasteiger partial charge >= 0.3 is 0 Å². The normalized spacial score (nSPS) is 11.8. The Morgan fingerprint density at radius 3 is 1.29 bits per heavy atom. The second-order valence-corrected chi connectivity index (χ2v) is 28.0. The van der Waals surface area contributed by atoms with Gasteiger partial charge in [-0.05, 0) is 127 Å². The highest BCUT2D eigenvalue weighted by atomic mass is 32.1. The van der Waals surface area contributed by atoms with Gasteiger partial charge in [-0.2, -0.15) is 9.97 Å². The summed E-state index contributed by atoms with van der Waals surface area (Å²) < 4.78 is 13.8. The lowest BCUT2D eigenvalue weighted by Gasteiger charge is -2.14. The molecule has 0 aliphatic heterocycles. The minimum Gasteiger partial charge on any atom is -0.455 e. The van der Waals surface area contributed by atoms with Crippen molar-refractivity contribution in [2.45, 2.75) is 0 Å². The molecule has 6 aromatic heterocycles. The highest BCUT2D eigenvalue weighted by Crippen LogP contribution is 2.49. The third-order valence-electron chi connectivity index (χ3n) is 20.8. The van der Waals surface area contributed by atoms with Gasteiger partial charge in [-0.1, -0.05) is 297 Å². The summed E-state index contributed by atoms with van der Waals surface area (Å²) in [6.45, 7) is 0. The Bertz CT molecular complexity index is 7250. The van der Waals surface area contributed by atoms with Gasteiger partial charge in [-0.3, -0.25) is 9.13 Å². The zero-order valence-corrected chi connectivity index (χ0v) is 57.8. The number of furan rings is 1. The third kappa shape index (κ3) is 10.0.